The number of hydrogen-bond donors (Lipinski definition) is 1. The number of ether oxygens (including phenoxy) is 1. The summed E-state index contributed by atoms with van der Waals surface area (Å²) < 4.78 is 4.99. The zero-order valence-electron chi connectivity index (χ0n) is 18.1. The Bertz CT molecular complexity index is 604. The molecule has 2 amide bonds. The average molecular weight is 407 g/mol. The van der Waals surface area contributed by atoms with Gasteiger partial charge in [-0.15, -0.1) is 0 Å². The summed E-state index contributed by atoms with van der Waals surface area (Å²) in [6.07, 6.45) is 8.57. The highest BCUT2D eigenvalue weighted by Crippen LogP contribution is 2.44. The largest absolute Gasteiger partial charge is 0.376 e. The molecule has 2 saturated carbocycles. The molecule has 6 heteroatoms. The van der Waals surface area contributed by atoms with E-state index in [4.69, 9.17) is 4.74 Å². The molecule has 0 aromatic rings. The minimum absolute atomic E-state index is 0.0900. The predicted molar refractivity (Wildman–Crippen MR) is 110 cm³/mol. The van der Waals surface area contributed by atoms with Crippen LogP contribution in [0.1, 0.15) is 58.8 Å². The summed E-state index contributed by atoms with van der Waals surface area (Å²) in [5.74, 6) is 3.58. The van der Waals surface area contributed by atoms with E-state index < -0.39 is 5.60 Å². The topological polar surface area (TPSA) is 70.1 Å². The van der Waals surface area contributed by atoms with Crippen LogP contribution in [0.2, 0.25) is 0 Å². The molecule has 2 saturated heterocycles. The third-order valence-electron chi connectivity index (χ3n) is 8.18. The van der Waals surface area contributed by atoms with Gasteiger partial charge >= 0.3 is 0 Å². The van der Waals surface area contributed by atoms with Crippen molar-refractivity contribution < 1.29 is 19.4 Å². The first kappa shape index (κ1) is 21.1. The number of amides is 2. The summed E-state index contributed by atoms with van der Waals surface area (Å²) in [6, 6.07) is 0. The molecule has 2 heterocycles. The van der Waals surface area contributed by atoms with Gasteiger partial charge in [0.05, 0.1) is 13.2 Å². The summed E-state index contributed by atoms with van der Waals surface area (Å²) in [6.45, 7) is 7.19. The van der Waals surface area contributed by atoms with Crippen LogP contribution < -0.4 is 0 Å². The molecule has 4 aliphatic rings. The van der Waals surface area contributed by atoms with Crippen molar-refractivity contribution in [3.05, 3.63) is 0 Å². The van der Waals surface area contributed by atoms with E-state index in [0.717, 1.165) is 36.5 Å². The smallest absolute Gasteiger partial charge is 0.259 e. The zero-order valence-corrected chi connectivity index (χ0v) is 18.1. The van der Waals surface area contributed by atoms with Crippen LogP contribution in [0.25, 0.3) is 0 Å². The van der Waals surface area contributed by atoms with E-state index in [9.17, 15) is 14.7 Å². The number of carbonyl (C=O) groups excluding carboxylic acids is 2. The Balaban J connectivity index is 1.23. The summed E-state index contributed by atoms with van der Waals surface area (Å²) in [5, 5.41) is 10.2. The van der Waals surface area contributed by atoms with Gasteiger partial charge in [-0.05, 0) is 62.2 Å². The Morgan fingerprint density at radius 2 is 1.52 bits per heavy atom. The van der Waals surface area contributed by atoms with Crippen molar-refractivity contribution in [2.75, 3.05) is 39.4 Å². The number of aliphatic hydroxyl groups is 1. The number of carbonyl (C=O) groups is 2. The Labute approximate surface area is 174 Å². The molecular formula is C23H38N2O4. The van der Waals surface area contributed by atoms with E-state index in [-0.39, 0.29) is 30.9 Å². The fourth-order valence-electron chi connectivity index (χ4n) is 6.28. The lowest BCUT2D eigenvalue weighted by Crippen LogP contribution is -2.64. The lowest BCUT2D eigenvalue weighted by atomic mass is 9.65. The standard InChI is InChI=1S/C23H38N2O4/c1-16-3-8-20(17(2)13-16)18-4-6-19(7-5-18)21(26)24-9-11-25(12-10-24)22(27)23(28)14-29-15-23/h16-20,28H,3-15H2,1-2H3. The number of piperazine rings is 1. The fourth-order valence-corrected chi connectivity index (χ4v) is 6.28. The van der Waals surface area contributed by atoms with Gasteiger partial charge in [0, 0.05) is 32.1 Å². The number of hydrogen-bond acceptors (Lipinski definition) is 4. The van der Waals surface area contributed by atoms with Gasteiger partial charge in [0.2, 0.25) is 5.91 Å². The van der Waals surface area contributed by atoms with Gasteiger partial charge in [0.25, 0.3) is 5.91 Å². The van der Waals surface area contributed by atoms with E-state index in [1.807, 2.05) is 4.90 Å². The molecule has 4 rings (SSSR count). The molecule has 0 radical (unpaired) electrons. The van der Waals surface area contributed by atoms with E-state index in [1.54, 1.807) is 4.90 Å². The van der Waals surface area contributed by atoms with Crippen molar-refractivity contribution in [1.29, 1.82) is 0 Å². The quantitative estimate of drug-likeness (QED) is 0.781. The lowest BCUT2D eigenvalue weighted by molar-refractivity contribution is -0.201. The van der Waals surface area contributed by atoms with Crippen molar-refractivity contribution in [3.63, 3.8) is 0 Å². The van der Waals surface area contributed by atoms with Crippen LogP contribution in [0, 0.1) is 29.6 Å². The Morgan fingerprint density at radius 1 is 0.897 bits per heavy atom. The molecule has 4 fully saturated rings. The van der Waals surface area contributed by atoms with Gasteiger partial charge in [-0.1, -0.05) is 20.3 Å². The van der Waals surface area contributed by atoms with Crippen molar-refractivity contribution in [1.82, 2.24) is 9.80 Å². The van der Waals surface area contributed by atoms with Crippen molar-refractivity contribution >= 4 is 11.8 Å². The van der Waals surface area contributed by atoms with Gasteiger partial charge in [-0.3, -0.25) is 9.59 Å². The molecule has 0 aromatic heterocycles. The molecule has 1 N–H and O–H groups in total. The van der Waals surface area contributed by atoms with Crippen molar-refractivity contribution in [2.24, 2.45) is 29.6 Å². The minimum Gasteiger partial charge on any atom is -0.376 e. The monoisotopic (exact) mass is 406 g/mol. The second-order valence-corrected chi connectivity index (χ2v) is 10.3. The molecule has 2 aliphatic heterocycles. The molecule has 0 spiro atoms. The SMILES string of the molecule is CC1CCC(C2CCC(C(=O)N3CCN(C(=O)C4(O)COC4)CC3)CC2)C(C)C1. The molecule has 164 valence electrons. The molecule has 3 unspecified atom stereocenters. The van der Waals surface area contributed by atoms with Gasteiger partial charge in [-0.25, -0.2) is 0 Å². The molecule has 2 aliphatic carbocycles. The number of nitrogens with zero attached hydrogens (tertiary/aromatic N) is 2. The van der Waals surface area contributed by atoms with Crippen LogP contribution >= 0.6 is 0 Å². The summed E-state index contributed by atoms with van der Waals surface area (Å²) in [7, 11) is 0. The Kier molecular flexibility index (Phi) is 6.22. The summed E-state index contributed by atoms with van der Waals surface area (Å²) in [5.41, 5.74) is -1.33. The third-order valence-corrected chi connectivity index (χ3v) is 8.18. The van der Waals surface area contributed by atoms with Gasteiger partial charge in [-0.2, -0.15) is 0 Å². The maximum absolute atomic E-state index is 13.0. The maximum Gasteiger partial charge on any atom is 0.259 e. The van der Waals surface area contributed by atoms with Crippen molar-refractivity contribution in [3.8, 4) is 0 Å². The van der Waals surface area contributed by atoms with Crippen LogP contribution in [0.15, 0.2) is 0 Å². The normalized spacial score (nSPS) is 37.7. The first-order valence-corrected chi connectivity index (χ1v) is 11.8. The van der Waals surface area contributed by atoms with Gasteiger partial charge in [0.15, 0.2) is 5.60 Å². The molecule has 0 aromatic carbocycles. The molecule has 3 atom stereocenters. The molecule has 6 nitrogen and oxygen atoms in total. The van der Waals surface area contributed by atoms with Gasteiger partial charge < -0.3 is 19.6 Å². The van der Waals surface area contributed by atoms with E-state index in [2.05, 4.69) is 13.8 Å². The fraction of sp³-hybridized carbons (Fsp3) is 0.913. The maximum atomic E-state index is 13.0. The predicted octanol–water partition coefficient (Wildman–Crippen LogP) is 2.30. The van der Waals surface area contributed by atoms with Crippen LogP contribution in [-0.4, -0.2) is 71.7 Å². The van der Waals surface area contributed by atoms with Crippen LogP contribution in [-0.2, 0) is 14.3 Å². The Hall–Kier alpha value is -1.14. The van der Waals surface area contributed by atoms with Crippen molar-refractivity contribution in [2.45, 2.75) is 64.4 Å². The Morgan fingerprint density at radius 3 is 2.07 bits per heavy atom. The van der Waals surface area contributed by atoms with E-state index in [1.165, 1.54) is 32.1 Å². The molecule has 29 heavy (non-hydrogen) atoms. The third kappa shape index (κ3) is 4.34. The summed E-state index contributed by atoms with van der Waals surface area (Å²) >= 11 is 0. The highest BCUT2D eigenvalue weighted by Gasteiger charge is 2.47. The van der Waals surface area contributed by atoms with E-state index in [0.29, 0.717) is 26.2 Å². The van der Waals surface area contributed by atoms with Crippen LogP contribution in [0.4, 0.5) is 0 Å². The summed E-state index contributed by atoms with van der Waals surface area (Å²) in [4.78, 5) is 29.1. The second kappa shape index (κ2) is 8.54. The minimum atomic E-state index is -1.33. The van der Waals surface area contributed by atoms with Crippen LogP contribution in [0.3, 0.4) is 0 Å². The zero-order chi connectivity index (χ0) is 20.6. The number of rotatable bonds is 3. The lowest BCUT2D eigenvalue weighted by Gasteiger charge is -2.43. The highest BCUT2D eigenvalue weighted by atomic mass is 16.5. The van der Waals surface area contributed by atoms with E-state index >= 15 is 0 Å². The molecular weight excluding hydrogens is 368 g/mol. The van der Waals surface area contributed by atoms with Crippen LogP contribution in [0.5, 0.6) is 0 Å². The first-order valence-electron chi connectivity index (χ1n) is 11.8. The highest BCUT2D eigenvalue weighted by molar-refractivity contribution is 5.86. The van der Waals surface area contributed by atoms with Gasteiger partial charge in [0.1, 0.15) is 0 Å². The first-order chi connectivity index (χ1) is 13.9. The average Bonchev–Trinajstić information content (AvgIpc) is 2.71. The molecule has 0 bridgehead atoms. The second-order valence-electron chi connectivity index (χ2n) is 10.3.